The van der Waals surface area contributed by atoms with E-state index in [2.05, 4.69) is 10.3 Å². The summed E-state index contributed by atoms with van der Waals surface area (Å²) in [6.07, 6.45) is 1.04. The summed E-state index contributed by atoms with van der Waals surface area (Å²) in [5.41, 5.74) is 2.86. The first kappa shape index (κ1) is 18.8. The van der Waals surface area contributed by atoms with E-state index in [4.69, 9.17) is 0 Å². The molecule has 0 aliphatic carbocycles. The van der Waals surface area contributed by atoms with Crippen molar-refractivity contribution in [3.8, 4) is 0 Å². The molecule has 2 heterocycles. The molecule has 0 radical (unpaired) electrons. The Hall–Kier alpha value is -1.50. The van der Waals surface area contributed by atoms with Crippen molar-refractivity contribution in [2.45, 2.75) is 19.9 Å². The Kier molecular flexibility index (Phi) is 6.71. The van der Waals surface area contributed by atoms with Gasteiger partial charge in [0.1, 0.15) is 5.82 Å². The maximum atomic E-state index is 14.0. The predicted molar refractivity (Wildman–Crippen MR) is 96.2 cm³/mol. The van der Waals surface area contributed by atoms with Crippen LogP contribution in [0, 0.1) is 18.7 Å². The van der Waals surface area contributed by atoms with Gasteiger partial charge in [-0.15, -0.1) is 23.7 Å². The number of carbonyl (C=O) groups excluding carboxylic acids is 1. The van der Waals surface area contributed by atoms with Crippen molar-refractivity contribution in [1.29, 1.82) is 0 Å². The molecule has 1 aliphatic heterocycles. The van der Waals surface area contributed by atoms with Gasteiger partial charge in [0.05, 0.1) is 23.3 Å². The van der Waals surface area contributed by atoms with Crippen LogP contribution in [-0.2, 0) is 6.54 Å². The number of thiazole rings is 1. The molecule has 1 amide bonds. The summed E-state index contributed by atoms with van der Waals surface area (Å²) in [7, 11) is 0. The Bertz CT molecular complexity index is 688. The van der Waals surface area contributed by atoms with Gasteiger partial charge in [-0.05, 0) is 44.5 Å². The van der Waals surface area contributed by atoms with Crippen LogP contribution in [0.15, 0.2) is 29.8 Å². The third-order valence-corrected chi connectivity index (χ3v) is 5.13. The number of hydrogen-bond acceptors (Lipinski definition) is 4. The average molecular weight is 370 g/mol. The molecule has 1 unspecified atom stereocenters. The molecule has 4 nitrogen and oxygen atoms in total. The molecule has 0 saturated carbocycles. The van der Waals surface area contributed by atoms with Gasteiger partial charge in [0.25, 0.3) is 5.91 Å². The van der Waals surface area contributed by atoms with Gasteiger partial charge in [0.2, 0.25) is 0 Å². The first-order valence-electron chi connectivity index (χ1n) is 7.78. The minimum Gasteiger partial charge on any atom is -0.333 e. The van der Waals surface area contributed by atoms with E-state index in [0.717, 1.165) is 30.1 Å². The molecule has 0 bridgehead atoms. The first-order valence-corrected chi connectivity index (χ1v) is 8.66. The topological polar surface area (TPSA) is 45.2 Å². The molecule has 7 heteroatoms. The van der Waals surface area contributed by atoms with Crippen LogP contribution in [0.25, 0.3) is 0 Å². The highest BCUT2D eigenvalue weighted by atomic mass is 35.5. The Labute approximate surface area is 151 Å². The van der Waals surface area contributed by atoms with Crippen molar-refractivity contribution in [2.24, 2.45) is 5.92 Å². The number of nitrogens with zero attached hydrogens (tertiary/aromatic N) is 2. The minimum atomic E-state index is -0.465. The summed E-state index contributed by atoms with van der Waals surface area (Å²) < 4.78 is 14.0. The Morgan fingerprint density at radius 2 is 2.25 bits per heavy atom. The second-order valence-electron chi connectivity index (χ2n) is 5.89. The molecular weight excluding hydrogens is 349 g/mol. The molecule has 1 aromatic heterocycles. The van der Waals surface area contributed by atoms with Gasteiger partial charge >= 0.3 is 0 Å². The van der Waals surface area contributed by atoms with Crippen LogP contribution in [0.3, 0.4) is 0 Å². The summed E-state index contributed by atoms with van der Waals surface area (Å²) >= 11 is 1.54. The molecule has 1 atom stereocenters. The Morgan fingerprint density at radius 3 is 2.88 bits per heavy atom. The van der Waals surface area contributed by atoms with Crippen molar-refractivity contribution in [2.75, 3.05) is 19.6 Å². The largest absolute Gasteiger partial charge is 0.333 e. The third kappa shape index (κ3) is 4.32. The lowest BCUT2D eigenvalue weighted by Crippen LogP contribution is -2.36. The summed E-state index contributed by atoms with van der Waals surface area (Å²) in [4.78, 5) is 19.9. The number of aryl methyl sites for hydroxylation is 1. The zero-order chi connectivity index (χ0) is 16.2. The highest BCUT2D eigenvalue weighted by molar-refractivity contribution is 7.09. The molecule has 24 heavy (non-hydrogen) atoms. The van der Waals surface area contributed by atoms with Gasteiger partial charge in [0, 0.05) is 11.4 Å². The van der Waals surface area contributed by atoms with Crippen LogP contribution < -0.4 is 5.32 Å². The van der Waals surface area contributed by atoms with Crippen molar-refractivity contribution >= 4 is 29.7 Å². The minimum absolute atomic E-state index is 0. The van der Waals surface area contributed by atoms with E-state index in [9.17, 15) is 9.18 Å². The number of rotatable bonds is 5. The molecule has 1 N–H and O–H groups in total. The standard InChI is InChI=1S/C17H20FN3OS.ClH/c1-12-16(23-11-20-12)10-21(9-13-6-7-19-8-13)17(22)14-4-2-3-5-15(14)18;/h2-5,11,13,19H,6-10H2,1H3;1H. The van der Waals surface area contributed by atoms with Crippen LogP contribution in [0.2, 0.25) is 0 Å². The zero-order valence-corrected chi connectivity index (χ0v) is 15.1. The zero-order valence-electron chi connectivity index (χ0n) is 13.5. The van der Waals surface area contributed by atoms with Gasteiger partial charge in [-0.3, -0.25) is 4.79 Å². The average Bonchev–Trinajstić information content (AvgIpc) is 3.19. The van der Waals surface area contributed by atoms with Crippen LogP contribution in [-0.4, -0.2) is 35.4 Å². The van der Waals surface area contributed by atoms with Crippen LogP contribution >= 0.6 is 23.7 Å². The van der Waals surface area contributed by atoms with Gasteiger partial charge in [-0.2, -0.15) is 0 Å². The Morgan fingerprint density at radius 1 is 1.46 bits per heavy atom. The fraction of sp³-hybridized carbons (Fsp3) is 0.412. The monoisotopic (exact) mass is 369 g/mol. The van der Waals surface area contributed by atoms with E-state index in [1.165, 1.54) is 17.4 Å². The number of hydrogen-bond donors (Lipinski definition) is 1. The molecule has 3 rings (SSSR count). The lowest BCUT2D eigenvalue weighted by molar-refractivity contribution is 0.0715. The van der Waals surface area contributed by atoms with Crippen molar-refractivity contribution in [3.05, 3.63) is 51.7 Å². The number of carbonyl (C=O) groups is 1. The molecule has 1 aromatic carbocycles. The molecule has 1 fully saturated rings. The fourth-order valence-corrected chi connectivity index (χ4v) is 3.65. The summed E-state index contributed by atoms with van der Waals surface area (Å²) in [6.45, 7) is 4.95. The van der Waals surface area contributed by atoms with Gasteiger partial charge in [0.15, 0.2) is 0 Å². The van der Waals surface area contributed by atoms with Crippen molar-refractivity contribution in [3.63, 3.8) is 0 Å². The predicted octanol–water partition coefficient (Wildman–Crippen LogP) is 3.26. The smallest absolute Gasteiger partial charge is 0.257 e. The summed E-state index contributed by atoms with van der Waals surface area (Å²) in [5.74, 6) is -0.296. The van der Waals surface area contributed by atoms with E-state index in [-0.39, 0.29) is 23.9 Å². The number of halogens is 2. The van der Waals surface area contributed by atoms with Crippen molar-refractivity contribution in [1.82, 2.24) is 15.2 Å². The molecule has 2 aromatic rings. The second kappa shape index (κ2) is 8.55. The maximum absolute atomic E-state index is 14.0. The highest BCUT2D eigenvalue weighted by Gasteiger charge is 2.25. The maximum Gasteiger partial charge on any atom is 0.257 e. The summed E-state index contributed by atoms with van der Waals surface area (Å²) in [6, 6.07) is 6.19. The van der Waals surface area contributed by atoms with E-state index in [1.54, 1.807) is 28.6 Å². The fourth-order valence-electron chi connectivity index (χ4n) is 2.86. The van der Waals surface area contributed by atoms with Crippen LogP contribution in [0.4, 0.5) is 4.39 Å². The lowest BCUT2D eigenvalue weighted by atomic mass is 10.1. The number of amides is 1. The van der Waals surface area contributed by atoms with Crippen LogP contribution in [0.5, 0.6) is 0 Å². The van der Waals surface area contributed by atoms with Gasteiger partial charge < -0.3 is 10.2 Å². The third-order valence-electron chi connectivity index (χ3n) is 4.21. The molecule has 1 aliphatic rings. The van der Waals surface area contributed by atoms with Crippen LogP contribution in [0.1, 0.15) is 27.3 Å². The van der Waals surface area contributed by atoms with E-state index >= 15 is 0 Å². The van der Waals surface area contributed by atoms with Gasteiger partial charge in [-0.1, -0.05) is 12.1 Å². The Balaban J connectivity index is 0.00000208. The van der Waals surface area contributed by atoms with E-state index in [0.29, 0.717) is 19.0 Å². The van der Waals surface area contributed by atoms with Gasteiger partial charge in [-0.25, -0.2) is 9.37 Å². The molecule has 1 saturated heterocycles. The lowest BCUT2D eigenvalue weighted by Gasteiger charge is -2.25. The molecule has 0 spiro atoms. The first-order chi connectivity index (χ1) is 11.1. The normalized spacial score (nSPS) is 16.7. The molecule has 130 valence electrons. The summed E-state index contributed by atoms with van der Waals surface area (Å²) in [5, 5.41) is 3.32. The second-order valence-corrected chi connectivity index (χ2v) is 6.82. The quantitative estimate of drug-likeness (QED) is 0.879. The van der Waals surface area contributed by atoms with E-state index < -0.39 is 5.82 Å². The highest BCUT2D eigenvalue weighted by Crippen LogP contribution is 2.20. The number of benzene rings is 1. The molecular formula is C17H21ClFN3OS. The SMILES string of the molecule is Cc1ncsc1CN(CC1CCNC1)C(=O)c1ccccc1F.Cl. The van der Waals surface area contributed by atoms with Crippen molar-refractivity contribution < 1.29 is 9.18 Å². The number of aromatic nitrogens is 1. The van der Waals surface area contributed by atoms with E-state index in [1.807, 2.05) is 6.92 Å². The number of nitrogens with one attached hydrogen (secondary N) is 1.